The third kappa shape index (κ3) is 15.4. The molecule has 0 aliphatic rings. The topological polar surface area (TPSA) is 17.1 Å². The maximum absolute atomic E-state index is 12.0. The van der Waals surface area contributed by atoms with Gasteiger partial charge in [-0.15, -0.1) is 0 Å². The molecule has 0 fully saturated rings. The highest BCUT2D eigenvalue weighted by Crippen LogP contribution is 2.17. The first kappa shape index (κ1) is 26.4. The lowest BCUT2D eigenvalue weighted by Gasteiger charge is -2.10. The van der Waals surface area contributed by atoms with E-state index in [-0.39, 0.29) is 11.7 Å². The first-order chi connectivity index (χ1) is 13.1. The average Bonchev–Trinajstić information content (AvgIpc) is 2.57. The van der Waals surface area contributed by atoms with Crippen LogP contribution < -0.4 is 0 Å². The molecule has 0 spiro atoms. The maximum Gasteiger partial charge on any atom is 0.136 e. The summed E-state index contributed by atoms with van der Waals surface area (Å²) in [7, 11) is 0. The standard InChI is InChI=1S/C27H44O/c1-21(2)12-9-14-23(5)15-11-16-24(6)18-19-27(26(8)28)20-25(7)17-10-13-22(3)4/h12-13,15,18,20,27H,9-11,14,16-17,19H2,1-8H3. The van der Waals surface area contributed by atoms with Crippen LogP contribution in [0.4, 0.5) is 0 Å². The van der Waals surface area contributed by atoms with Gasteiger partial charge in [0.2, 0.25) is 0 Å². The van der Waals surface area contributed by atoms with Crippen molar-refractivity contribution in [2.24, 2.45) is 5.92 Å². The van der Waals surface area contributed by atoms with Crippen LogP contribution in [-0.4, -0.2) is 5.78 Å². The first-order valence-corrected chi connectivity index (χ1v) is 10.9. The Morgan fingerprint density at radius 1 is 0.607 bits per heavy atom. The van der Waals surface area contributed by atoms with Crippen LogP contribution in [0.3, 0.4) is 0 Å². The third-order valence-corrected chi connectivity index (χ3v) is 4.94. The van der Waals surface area contributed by atoms with E-state index in [2.05, 4.69) is 78.8 Å². The van der Waals surface area contributed by atoms with E-state index in [0.717, 1.165) is 44.9 Å². The SMILES string of the molecule is CC(=O)C(C=C(C)CCC=C(C)C)CC=C(C)CCC=C(C)CCC=C(C)C. The molecule has 0 N–H and O–H groups in total. The number of carbonyl (C=O) groups is 1. The van der Waals surface area contributed by atoms with Gasteiger partial charge in [0, 0.05) is 5.92 Å². The highest BCUT2D eigenvalue weighted by Gasteiger charge is 2.10. The minimum absolute atomic E-state index is 0.0167. The molecule has 0 aliphatic carbocycles. The molecule has 0 aromatic heterocycles. The Hall–Kier alpha value is -1.63. The molecule has 28 heavy (non-hydrogen) atoms. The van der Waals surface area contributed by atoms with E-state index >= 15 is 0 Å². The number of rotatable bonds is 13. The number of Topliss-reactive ketones (excluding diaryl/α,β-unsaturated/α-hetero) is 1. The molecule has 0 rings (SSSR count). The molecule has 0 aromatic rings. The van der Waals surface area contributed by atoms with Crippen LogP contribution in [0.5, 0.6) is 0 Å². The molecule has 0 amide bonds. The lowest BCUT2D eigenvalue weighted by Crippen LogP contribution is -2.07. The largest absolute Gasteiger partial charge is 0.299 e. The van der Waals surface area contributed by atoms with Crippen molar-refractivity contribution in [1.82, 2.24) is 0 Å². The molecular formula is C27H44O. The van der Waals surface area contributed by atoms with E-state index in [4.69, 9.17) is 0 Å². The molecule has 0 aromatic carbocycles. The van der Waals surface area contributed by atoms with Crippen LogP contribution in [0, 0.1) is 5.92 Å². The van der Waals surface area contributed by atoms with E-state index in [9.17, 15) is 4.79 Å². The van der Waals surface area contributed by atoms with E-state index < -0.39 is 0 Å². The van der Waals surface area contributed by atoms with Gasteiger partial charge >= 0.3 is 0 Å². The summed E-state index contributed by atoms with van der Waals surface area (Å²) in [6.45, 7) is 16.8. The van der Waals surface area contributed by atoms with Gasteiger partial charge in [0.05, 0.1) is 0 Å². The van der Waals surface area contributed by atoms with Crippen molar-refractivity contribution in [2.75, 3.05) is 0 Å². The Balaban J connectivity index is 4.55. The Kier molecular flexibility index (Phi) is 14.4. The van der Waals surface area contributed by atoms with Crippen molar-refractivity contribution < 1.29 is 4.79 Å². The first-order valence-electron chi connectivity index (χ1n) is 10.9. The molecule has 1 heteroatoms. The van der Waals surface area contributed by atoms with Gasteiger partial charge < -0.3 is 0 Å². The number of carbonyl (C=O) groups excluding carboxylic acids is 1. The predicted molar refractivity (Wildman–Crippen MR) is 127 cm³/mol. The molecule has 1 nitrogen and oxygen atoms in total. The van der Waals surface area contributed by atoms with E-state index in [1.54, 1.807) is 6.92 Å². The van der Waals surface area contributed by atoms with Crippen LogP contribution >= 0.6 is 0 Å². The molecule has 0 radical (unpaired) electrons. The maximum atomic E-state index is 12.0. The highest BCUT2D eigenvalue weighted by atomic mass is 16.1. The second-order valence-corrected chi connectivity index (χ2v) is 8.75. The molecule has 0 saturated carbocycles. The van der Waals surface area contributed by atoms with Gasteiger partial charge in [-0.1, -0.05) is 58.2 Å². The van der Waals surface area contributed by atoms with Gasteiger partial charge in [-0.05, 0) is 100 Å². The van der Waals surface area contributed by atoms with Crippen LogP contribution in [0.25, 0.3) is 0 Å². The summed E-state index contributed by atoms with van der Waals surface area (Å²) in [5.41, 5.74) is 6.93. The zero-order chi connectivity index (χ0) is 21.5. The van der Waals surface area contributed by atoms with Crippen LogP contribution in [0.15, 0.2) is 58.2 Å². The Morgan fingerprint density at radius 3 is 1.50 bits per heavy atom. The lowest BCUT2D eigenvalue weighted by atomic mass is 9.95. The van der Waals surface area contributed by atoms with Gasteiger partial charge in [0.15, 0.2) is 0 Å². The molecule has 0 saturated heterocycles. The van der Waals surface area contributed by atoms with E-state index in [1.165, 1.54) is 27.9 Å². The molecular weight excluding hydrogens is 340 g/mol. The smallest absolute Gasteiger partial charge is 0.136 e. The number of hydrogen-bond acceptors (Lipinski definition) is 1. The number of ketones is 1. The Labute approximate surface area is 175 Å². The van der Waals surface area contributed by atoms with Gasteiger partial charge in [-0.25, -0.2) is 0 Å². The summed E-state index contributed by atoms with van der Waals surface area (Å²) in [4.78, 5) is 12.0. The van der Waals surface area contributed by atoms with Crippen molar-refractivity contribution in [3.05, 3.63) is 58.2 Å². The summed E-state index contributed by atoms with van der Waals surface area (Å²) in [5, 5.41) is 0. The van der Waals surface area contributed by atoms with E-state index in [0.29, 0.717) is 0 Å². The Bertz CT molecular complexity index is 615. The molecule has 0 bridgehead atoms. The quantitative estimate of drug-likeness (QED) is 0.290. The minimum atomic E-state index is 0.0167. The fraction of sp³-hybridized carbons (Fsp3) is 0.593. The van der Waals surface area contributed by atoms with Crippen LogP contribution in [-0.2, 0) is 4.79 Å². The van der Waals surface area contributed by atoms with Gasteiger partial charge in [0.25, 0.3) is 0 Å². The number of allylic oxidation sites excluding steroid dienone is 10. The summed E-state index contributed by atoms with van der Waals surface area (Å²) in [5.74, 6) is 0.281. The van der Waals surface area contributed by atoms with Crippen molar-refractivity contribution in [3.8, 4) is 0 Å². The normalized spacial score (nSPS) is 13.9. The van der Waals surface area contributed by atoms with Crippen molar-refractivity contribution in [2.45, 2.75) is 100 Å². The van der Waals surface area contributed by atoms with Crippen molar-refractivity contribution in [3.63, 3.8) is 0 Å². The van der Waals surface area contributed by atoms with Crippen LogP contribution in [0.1, 0.15) is 100 Å². The minimum Gasteiger partial charge on any atom is -0.299 e. The molecule has 0 heterocycles. The second-order valence-electron chi connectivity index (χ2n) is 8.75. The summed E-state index contributed by atoms with van der Waals surface area (Å²) in [6, 6.07) is 0. The van der Waals surface area contributed by atoms with Crippen molar-refractivity contribution in [1.29, 1.82) is 0 Å². The molecule has 0 aliphatic heterocycles. The lowest BCUT2D eigenvalue weighted by molar-refractivity contribution is -0.119. The van der Waals surface area contributed by atoms with E-state index in [1.807, 2.05) is 0 Å². The molecule has 1 unspecified atom stereocenters. The summed E-state index contributed by atoms with van der Waals surface area (Å²) >= 11 is 0. The van der Waals surface area contributed by atoms with Gasteiger partial charge in [-0.3, -0.25) is 4.79 Å². The van der Waals surface area contributed by atoms with Crippen molar-refractivity contribution >= 4 is 5.78 Å². The van der Waals surface area contributed by atoms with Gasteiger partial charge in [0.1, 0.15) is 5.78 Å². The molecule has 158 valence electrons. The average molecular weight is 385 g/mol. The van der Waals surface area contributed by atoms with Gasteiger partial charge in [-0.2, -0.15) is 0 Å². The van der Waals surface area contributed by atoms with Crippen LogP contribution in [0.2, 0.25) is 0 Å². The Morgan fingerprint density at radius 2 is 1.04 bits per heavy atom. The third-order valence-electron chi connectivity index (χ3n) is 4.94. The summed E-state index contributed by atoms with van der Waals surface area (Å²) < 4.78 is 0. The predicted octanol–water partition coefficient (Wildman–Crippen LogP) is 8.69. The monoisotopic (exact) mass is 384 g/mol. The summed E-state index contributed by atoms with van der Waals surface area (Å²) in [6.07, 6.45) is 18.7. The second kappa shape index (κ2) is 15.3. The zero-order valence-corrected chi connectivity index (χ0v) is 19.8. The molecule has 1 atom stereocenters. The number of hydrogen-bond donors (Lipinski definition) is 0. The fourth-order valence-corrected chi connectivity index (χ4v) is 3.03. The fourth-order valence-electron chi connectivity index (χ4n) is 3.03. The zero-order valence-electron chi connectivity index (χ0n) is 19.8. The highest BCUT2D eigenvalue weighted by molar-refractivity contribution is 5.80.